The summed E-state index contributed by atoms with van der Waals surface area (Å²) >= 11 is 1.12. The van der Waals surface area contributed by atoms with Crippen LogP contribution in [0, 0.1) is 5.82 Å². The van der Waals surface area contributed by atoms with E-state index in [-0.39, 0.29) is 23.6 Å². The fraction of sp³-hybridized carbons (Fsp3) is 0.273. The molecule has 1 N–H and O–H groups in total. The summed E-state index contributed by atoms with van der Waals surface area (Å²) in [5, 5.41) is 11.4. The average Bonchev–Trinajstić information content (AvgIpc) is 3.47. The van der Waals surface area contributed by atoms with Gasteiger partial charge in [0.05, 0.1) is 13.2 Å². The zero-order valence-corrected chi connectivity index (χ0v) is 18.1. The Kier molecular flexibility index (Phi) is 6.60. The van der Waals surface area contributed by atoms with Crippen LogP contribution in [0.1, 0.15) is 33.7 Å². The number of methoxy groups -OCH3 is 1. The third kappa shape index (κ3) is 5.02. The summed E-state index contributed by atoms with van der Waals surface area (Å²) in [7, 11) is 1.58. The smallest absolute Gasteiger partial charge is 0.286 e. The van der Waals surface area contributed by atoms with E-state index in [9.17, 15) is 14.0 Å². The first kappa shape index (κ1) is 21.7. The summed E-state index contributed by atoms with van der Waals surface area (Å²) in [5.41, 5.74) is 0.333. The molecule has 0 unspecified atom stereocenters. The van der Waals surface area contributed by atoms with Crippen molar-refractivity contribution in [3.63, 3.8) is 0 Å². The maximum Gasteiger partial charge on any atom is 0.286 e. The molecule has 10 heteroatoms. The number of aromatic nitrogens is 2. The number of amides is 2. The van der Waals surface area contributed by atoms with Gasteiger partial charge in [0.2, 0.25) is 5.01 Å². The second-order valence-electron chi connectivity index (χ2n) is 7.12. The molecule has 1 aliphatic heterocycles. The number of nitrogens with one attached hydrogen (secondary N) is 1. The van der Waals surface area contributed by atoms with E-state index in [0.29, 0.717) is 28.7 Å². The molecule has 0 radical (unpaired) electrons. The maximum atomic E-state index is 13.3. The highest BCUT2D eigenvalue weighted by Crippen LogP contribution is 2.34. The van der Waals surface area contributed by atoms with E-state index >= 15 is 0 Å². The van der Waals surface area contributed by atoms with E-state index in [4.69, 9.17) is 9.47 Å². The second kappa shape index (κ2) is 9.73. The maximum absolute atomic E-state index is 13.3. The number of benzene rings is 2. The molecule has 1 aromatic heterocycles. The predicted octanol–water partition coefficient (Wildman–Crippen LogP) is 3.68. The number of carbonyl (C=O) groups excluding carboxylic acids is 2. The molecule has 1 aliphatic rings. The zero-order valence-electron chi connectivity index (χ0n) is 17.3. The Bertz CT molecular complexity index is 1110. The lowest BCUT2D eigenvalue weighted by Crippen LogP contribution is -2.34. The van der Waals surface area contributed by atoms with Crippen molar-refractivity contribution in [1.29, 1.82) is 0 Å². The van der Waals surface area contributed by atoms with Crippen molar-refractivity contribution < 1.29 is 23.5 Å². The summed E-state index contributed by atoms with van der Waals surface area (Å²) in [6.07, 6.45) is 1.55. The third-order valence-electron chi connectivity index (χ3n) is 5.00. The first-order valence-electron chi connectivity index (χ1n) is 10.00. The van der Waals surface area contributed by atoms with Crippen LogP contribution >= 0.6 is 11.3 Å². The predicted molar refractivity (Wildman–Crippen MR) is 116 cm³/mol. The van der Waals surface area contributed by atoms with E-state index in [2.05, 4.69) is 15.5 Å². The van der Waals surface area contributed by atoms with Crippen molar-refractivity contribution in [3.05, 3.63) is 64.4 Å². The molecule has 32 heavy (non-hydrogen) atoms. The van der Waals surface area contributed by atoms with Gasteiger partial charge in [-0.1, -0.05) is 17.4 Å². The lowest BCUT2D eigenvalue weighted by molar-refractivity contribution is -0.134. The van der Waals surface area contributed by atoms with Crippen LogP contribution < -0.4 is 14.8 Å². The molecule has 0 bridgehead atoms. The summed E-state index contributed by atoms with van der Waals surface area (Å²) < 4.78 is 24.0. The lowest BCUT2D eigenvalue weighted by atomic mass is 10.2. The van der Waals surface area contributed by atoms with Crippen molar-refractivity contribution in [2.45, 2.75) is 18.9 Å². The summed E-state index contributed by atoms with van der Waals surface area (Å²) in [5.74, 6) is 0.193. The molecular formula is C22H21FN4O4S. The largest absolute Gasteiger partial charge is 0.497 e. The summed E-state index contributed by atoms with van der Waals surface area (Å²) in [6.45, 7) is 0.481. The molecule has 2 heterocycles. The lowest BCUT2D eigenvalue weighted by Gasteiger charge is -2.22. The Morgan fingerprint density at radius 2 is 1.97 bits per heavy atom. The van der Waals surface area contributed by atoms with E-state index < -0.39 is 11.7 Å². The van der Waals surface area contributed by atoms with Crippen molar-refractivity contribution >= 4 is 28.8 Å². The van der Waals surface area contributed by atoms with Gasteiger partial charge in [-0.15, -0.1) is 10.2 Å². The van der Waals surface area contributed by atoms with Gasteiger partial charge >= 0.3 is 0 Å². The average molecular weight is 456 g/mol. The van der Waals surface area contributed by atoms with E-state index in [1.54, 1.807) is 42.3 Å². The molecule has 0 spiro atoms. The molecule has 2 amide bonds. The minimum absolute atomic E-state index is 0.103. The Morgan fingerprint density at radius 1 is 1.19 bits per heavy atom. The molecule has 2 aromatic carbocycles. The quantitative estimate of drug-likeness (QED) is 0.583. The standard InChI is InChI=1S/C22H21FN4O4S/c1-30-16-7-9-17(10-8-16)31-13-19(28)27-11-3-6-18(27)21-25-26-22(32-21)20(29)24-15-5-2-4-14(23)12-15/h2,4-5,7-10,12,18H,3,6,11,13H2,1H3,(H,24,29)/t18-/m0/s1. The topological polar surface area (TPSA) is 93.7 Å². The molecule has 4 rings (SSSR count). The number of halogens is 1. The Morgan fingerprint density at radius 3 is 2.72 bits per heavy atom. The molecule has 1 fully saturated rings. The van der Waals surface area contributed by atoms with Crippen LogP contribution in [0.4, 0.5) is 10.1 Å². The molecule has 0 aliphatic carbocycles. The number of likely N-dealkylation sites (tertiary alicyclic amines) is 1. The van der Waals surface area contributed by atoms with Crippen LogP contribution in [0.15, 0.2) is 48.5 Å². The third-order valence-corrected chi connectivity index (χ3v) is 6.02. The number of carbonyl (C=O) groups is 2. The summed E-state index contributed by atoms with van der Waals surface area (Å²) in [6, 6.07) is 12.4. The van der Waals surface area contributed by atoms with Crippen molar-refractivity contribution in [3.8, 4) is 11.5 Å². The Labute approximate surface area is 188 Å². The minimum Gasteiger partial charge on any atom is -0.497 e. The number of hydrogen-bond donors (Lipinski definition) is 1. The number of ether oxygens (including phenoxy) is 2. The molecule has 1 atom stereocenters. The molecular weight excluding hydrogens is 435 g/mol. The molecule has 166 valence electrons. The van der Waals surface area contributed by atoms with Crippen molar-refractivity contribution in [1.82, 2.24) is 15.1 Å². The number of nitrogens with zero attached hydrogens (tertiary/aromatic N) is 3. The van der Waals surface area contributed by atoms with Gasteiger partial charge in [-0.25, -0.2) is 4.39 Å². The monoisotopic (exact) mass is 456 g/mol. The molecule has 0 saturated carbocycles. The van der Waals surface area contributed by atoms with E-state index in [1.807, 2.05) is 0 Å². The minimum atomic E-state index is -0.474. The van der Waals surface area contributed by atoms with Crippen LogP contribution in [-0.2, 0) is 4.79 Å². The van der Waals surface area contributed by atoms with Gasteiger partial charge in [0.1, 0.15) is 22.3 Å². The van der Waals surface area contributed by atoms with Crippen molar-refractivity contribution in [2.75, 3.05) is 25.6 Å². The van der Waals surface area contributed by atoms with Gasteiger partial charge in [0, 0.05) is 12.2 Å². The van der Waals surface area contributed by atoms with E-state index in [1.165, 1.54) is 18.2 Å². The van der Waals surface area contributed by atoms with Crippen LogP contribution in [0.3, 0.4) is 0 Å². The SMILES string of the molecule is COc1ccc(OCC(=O)N2CCC[C@H]2c2nnc(C(=O)Nc3cccc(F)c3)s2)cc1. The van der Waals surface area contributed by atoms with E-state index in [0.717, 1.165) is 24.2 Å². The Hall–Kier alpha value is -3.53. The first-order valence-corrected chi connectivity index (χ1v) is 10.8. The van der Waals surface area contributed by atoms with Gasteiger partial charge in [-0.2, -0.15) is 0 Å². The van der Waals surface area contributed by atoms with Crippen molar-refractivity contribution in [2.24, 2.45) is 0 Å². The van der Waals surface area contributed by atoms with Crippen LogP contribution in [0.2, 0.25) is 0 Å². The van der Waals surface area contributed by atoms with Gasteiger partial charge in [0.25, 0.3) is 11.8 Å². The second-order valence-corrected chi connectivity index (χ2v) is 8.13. The van der Waals surface area contributed by atoms with Crippen LogP contribution in [0.25, 0.3) is 0 Å². The van der Waals surface area contributed by atoms with Crippen LogP contribution in [0.5, 0.6) is 11.5 Å². The van der Waals surface area contributed by atoms with Crippen LogP contribution in [-0.4, -0.2) is 47.2 Å². The first-order chi connectivity index (χ1) is 15.5. The van der Waals surface area contributed by atoms with Gasteiger partial charge in [-0.3, -0.25) is 9.59 Å². The summed E-state index contributed by atoms with van der Waals surface area (Å²) in [4.78, 5) is 26.9. The molecule has 8 nitrogen and oxygen atoms in total. The normalized spacial score (nSPS) is 15.4. The fourth-order valence-corrected chi connectivity index (χ4v) is 4.32. The number of anilines is 1. The highest BCUT2D eigenvalue weighted by Gasteiger charge is 2.33. The zero-order chi connectivity index (χ0) is 22.5. The molecule has 1 saturated heterocycles. The van der Waals surface area contributed by atoms with Gasteiger partial charge < -0.3 is 19.7 Å². The molecule has 3 aromatic rings. The van der Waals surface area contributed by atoms with Gasteiger partial charge in [-0.05, 0) is 55.3 Å². The highest BCUT2D eigenvalue weighted by atomic mass is 32.1. The Balaban J connectivity index is 1.38. The fourth-order valence-electron chi connectivity index (χ4n) is 3.43. The number of rotatable bonds is 7. The number of hydrogen-bond acceptors (Lipinski definition) is 7. The highest BCUT2D eigenvalue weighted by molar-refractivity contribution is 7.13. The van der Waals surface area contributed by atoms with Gasteiger partial charge in [0.15, 0.2) is 6.61 Å².